The van der Waals surface area contributed by atoms with Crippen LogP contribution in [0.1, 0.15) is 16.4 Å². The van der Waals surface area contributed by atoms with Crippen molar-refractivity contribution in [2.75, 3.05) is 0 Å². The fourth-order valence-corrected chi connectivity index (χ4v) is 4.75. The lowest BCUT2D eigenvalue weighted by Gasteiger charge is -2.26. The highest BCUT2D eigenvalue weighted by Crippen LogP contribution is 2.45. The van der Waals surface area contributed by atoms with Gasteiger partial charge in [0.25, 0.3) is 5.56 Å². The normalized spacial score (nSPS) is 16.4. The number of para-hydroxylation sites is 1. The number of hydrogen-bond donors (Lipinski definition) is 1. The maximum atomic E-state index is 13.1. The van der Waals surface area contributed by atoms with E-state index in [1.165, 1.54) is 11.3 Å². The Morgan fingerprint density at radius 3 is 2.84 bits per heavy atom. The quantitative estimate of drug-likeness (QED) is 0.660. The highest BCUT2D eigenvalue weighted by atomic mass is 79.9. The number of nitrogens with two attached hydrogens (primary N) is 1. The molecule has 2 N–H and O–H groups in total. The highest BCUT2D eigenvalue weighted by molar-refractivity contribution is 9.10. The van der Waals surface area contributed by atoms with Crippen molar-refractivity contribution in [2.45, 2.75) is 5.92 Å². The number of pyridine rings is 1. The maximum Gasteiger partial charge on any atom is 0.258 e. The number of benzene rings is 1. The van der Waals surface area contributed by atoms with E-state index in [1.807, 2.05) is 35.7 Å². The van der Waals surface area contributed by atoms with E-state index in [2.05, 4.69) is 22.0 Å². The first kappa shape index (κ1) is 15.9. The number of allylic oxidation sites excluding steroid dienone is 1. The van der Waals surface area contributed by atoms with Crippen molar-refractivity contribution in [1.82, 2.24) is 4.57 Å². The number of thiophene rings is 1. The van der Waals surface area contributed by atoms with Gasteiger partial charge >= 0.3 is 0 Å². The third-order valence-electron chi connectivity index (χ3n) is 4.34. The zero-order chi connectivity index (χ0) is 17.7. The van der Waals surface area contributed by atoms with Gasteiger partial charge in [0, 0.05) is 27.2 Å². The molecule has 1 aromatic carbocycles. The minimum atomic E-state index is -0.534. The van der Waals surface area contributed by atoms with Crippen LogP contribution >= 0.6 is 27.3 Å². The van der Waals surface area contributed by atoms with Crippen LogP contribution in [0.4, 0.5) is 0 Å². The molecule has 0 aliphatic carbocycles. The molecule has 7 heteroatoms. The Balaban J connectivity index is 2.14. The number of fused-ring (bicyclic) bond motifs is 3. The first-order valence-corrected chi connectivity index (χ1v) is 9.13. The topological polar surface area (TPSA) is 81.0 Å². The summed E-state index contributed by atoms with van der Waals surface area (Å²) in [5, 5.41) is 12.3. The van der Waals surface area contributed by atoms with E-state index in [1.54, 1.807) is 11.6 Å². The summed E-state index contributed by atoms with van der Waals surface area (Å²) in [5.41, 5.74) is 7.31. The van der Waals surface area contributed by atoms with Gasteiger partial charge in [-0.05, 0) is 34.1 Å². The monoisotopic (exact) mass is 413 g/mol. The molecule has 5 nitrogen and oxygen atoms in total. The molecule has 124 valence electrons. The highest BCUT2D eigenvalue weighted by Gasteiger charge is 2.35. The second-order valence-corrected chi connectivity index (χ2v) is 7.57. The molecular weight excluding hydrogens is 402 g/mol. The SMILES string of the molecule is Cn1c(=O)c2c(c3ccccc31)OC(N)=C(C#N)[C@@H]2c1cc(Br)cs1. The predicted molar refractivity (Wildman–Crippen MR) is 101 cm³/mol. The second kappa shape index (κ2) is 5.76. The molecule has 2 aromatic heterocycles. The van der Waals surface area contributed by atoms with Crippen molar-refractivity contribution in [3.8, 4) is 11.8 Å². The van der Waals surface area contributed by atoms with Gasteiger partial charge in [0.1, 0.15) is 17.4 Å². The fraction of sp³-hybridized carbons (Fsp3) is 0.111. The Kier molecular flexibility index (Phi) is 3.67. The number of rotatable bonds is 1. The van der Waals surface area contributed by atoms with Crippen LogP contribution in [0, 0.1) is 11.3 Å². The van der Waals surface area contributed by atoms with Crippen molar-refractivity contribution in [2.24, 2.45) is 12.8 Å². The number of aryl methyl sites for hydroxylation is 1. The first-order valence-electron chi connectivity index (χ1n) is 7.46. The summed E-state index contributed by atoms with van der Waals surface area (Å²) >= 11 is 4.90. The molecule has 0 fully saturated rings. The van der Waals surface area contributed by atoms with E-state index in [0.717, 1.165) is 20.3 Å². The van der Waals surface area contributed by atoms with Crippen LogP contribution in [0.15, 0.2) is 56.4 Å². The van der Waals surface area contributed by atoms with Gasteiger partial charge in [-0.25, -0.2) is 0 Å². The lowest BCUT2D eigenvalue weighted by molar-refractivity contribution is 0.396. The van der Waals surface area contributed by atoms with Gasteiger partial charge in [0.15, 0.2) is 0 Å². The number of nitrogens with zero attached hydrogens (tertiary/aromatic N) is 2. The Morgan fingerprint density at radius 1 is 1.40 bits per heavy atom. The largest absolute Gasteiger partial charge is 0.439 e. The van der Waals surface area contributed by atoms with Crippen LogP contribution in [0.3, 0.4) is 0 Å². The molecule has 0 amide bonds. The van der Waals surface area contributed by atoms with E-state index >= 15 is 0 Å². The summed E-state index contributed by atoms with van der Waals surface area (Å²) in [4.78, 5) is 14.0. The van der Waals surface area contributed by atoms with E-state index in [-0.39, 0.29) is 17.0 Å². The average molecular weight is 414 g/mol. The minimum absolute atomic E-state index is 0.0444. The van der Waals surface area contributed by atoms with Crippen LogP contribution in [-0.4, -0.2) is 4.57 Å². The van der Waals surface area contributed by atoms with Crippen LogP contribution < -0.4 is 16.0 Å². The van der Waals surface area contributed by atoms with Gasteiger partial charge in [0.05, 0.1) is 17.0 Å². The second-order valence-electron chi connectivity index (χ2n) is 5.72. The Bertz CT molecular complexity index is 1150. The summed E-state index contributed by atoms with van der Waals surface area (Å²) in [5.74, 6) is -0.0546. The molecule has 0 saturated carbocycles. The molecule has 1 aliphatic rings. The number of aromatic nitrogens is 1. The summed E-state index contributed by atoms with van der Waals surface area (Å²) in [6.07, 6.45) is 0. The predicted octanol–water partition coefficient (Wildman–Crippen LogP) is 3.58. The standard InChI is InChI=1S/C18H12BrN3O2S/c1-22-12-5-3-2-4-10(12)16-15(18(22)23)14(11(7-20)17(21)24-16)13-6-9(19)8-25-13/h2-6,8,14H,21H2,1H3/t14-/m1/s1. The Labute approximate surface area is 155 Å². The van der Waals surface area contributed by atoms with E-state index in [0.29, 0.717) is 11.3 Å². The number of hydrogen-bond acceptors (Lipinski definition) is 5. The van der Waals surface area contributed by atoms with Crippen molar-refractivity contribution >= 4 is 38.2 Å². The van der Waals surface area contributed by atoms with Gasteiger partial charge in [-0.2, -0.15) is 5.26 Å². The molecule has 0 spiro atoms. The Morgan fingerprint density at radius 2 is 2.16 bits per heavy atom. The van der Waals surface area contributed by atoms with Crippen molar-refractivity contribution in [1.29, 1.82) is 5.26 Å². The zero-order valence-electron chi connectivity index (χ0n) is 13.1. The molecule has 0 radical (unpaired) electrons. The summed E-state index contributed by atoms with van der Waals surface area (Å²) in [6, 6.07) is 11.5. The molecule has 25 heavy (non-hydrogen) atoms. The molecule has 0 bridgehead atoms. The van der Waals surface area contributed by atoms with E-state index in [4.69, 9.17) is 10.5 Å². The number of ether oxygens (including phenoxy) is 1. The summed E-state index contributed by atoms with van der Waals surface area (Å²) < 4.78 is 8.24. The number of halogens is 1. The lowest BCUT2D eigenvalue weighted by atomic mass is 9.88. The molecule has 1 atom stereocenters. The smallest absolute Gasteiger partial charge is 0.258 e. The fourth-order valence-electron chi connectivity index (χ4n) is 3.19. The minimum Gasteiger partial charge on any atom is -0.439 e. The van der Waals surface area contributed by atoms with Gasteiger partial charge in [0.2, 0.25) is 5.88 Å². The van der Waals surface area contributed by atoms with Crippen LogP contribution in [-0.2, 0) is 7.05 Å². The molecule has 4 rings (SSSR count). The molecule has 3 aromatic rings. The van der Waals surface area contributed by atoms with Gasteiger partial charge in [-0.3, -0.25) is 4.79 Å². The van der Waals surface area contributed by atoms with Gasteiger partial charge in [-0.1, -0.05) is 12.1 Å². The average Bonchev–Trinajstić information content (AvgIpc) is 3.04. The summed E-state index contributed by atoms with van der Waals surface area (Å²) in [6.45, 7) is 0. The lowest BCUT2D eigenvalue weighted by Crippen LogP contribution is -2.30. The molecule has 1 aliphatic heterocycles. The van der Waals surface area contributed by atoms with E-state index < -0.39 is 5.92 Å². The maximum absolute atomic E-state index is 13.1. The van der Waals surface area contributed by atoms with Crippen LogP contribution in [0.5, 0.6) is 5.75 Å². The number of nitriles is 1. The molecule has 0 saturated heterocycles. The van der Waals surface area contributed by atoms with Crippen molar-refractivity contribution < 1.29 is 4.74 Å². The third kappa shape index (κ3) is 2.29. The van der Waals surface area contributed by atoms with Crippen LogP contribution in [0.25, 0.3) is 10.9 Å². The van der Waals surface area contributed by atoms with Crippen LogP contribution in [0.2, 0.25) is 0 Å². The zero-order valence-corrected chi connectivity index (χ0v) is 15.5. The Hall–Kier alpha value is -2.56. The van der Waals surface area contributed by atoms with Crippen molar-refractivity contribution in [3.05, 3.63) is 72.4 Å². The molecule has 0 unspecified atom stereocenters. The van der Waals surface area contributed by atoms with Gasteiger partial charge in [-0.15, -0.1) is 11.3 Å². The van der Waals surface area contributed by atoms with Gasteiger partial charge < -0.3 is 15.0 Å². The van der Waals surface area contributed by atoms with E-state index in [9.17, 15) is 10.1 Å². The first-order chi connectivity index (χ1) is 12.0. The third-order valence-corrected chi connectivity index (χ3v) is 6.10. The molecular formula is C18H12BrN3O2S. The summed E-state index contributed by atoms with van der Waals surface area (Å²) in [7, 11) is 1.72. The molecule has 3 heterocycles. The van der Waals surface area contributed by atoms with Crippen molar-refractivity contribution in [3.63, 3.8) is 0 Å².